The maximum Gasteiger partial charge on any atom is 0.269 e. The maximum absolute atomic E-state index is 10.8. The summed E-state index contributed by atoms with van der Waals surface area (Å²) in [7, 11) is 0. The molecule has 104 valence electrons. The Hall–Kier alpha value is -1.13. The monoisotopic (exact) mass is 282 g/mol. The van der Waals surface area contributed by atoms with Crippen LogP contribution < -0.4 is 0 Å². The number of nitro groups is 1. The highest BCUT2D eigenvalue weighted by Gasteiger charge is 2.26. The minimum absolute atomic E-state index is 0.106. The summed E-state index contributed by atoms with van der Waals surface area (Å²) in [4.78, 5) is 12.8. The van der Waals surface area contributed by atoms with Crippen molar-refractivity contribution in [2.75, 3.05) is 6.54 Å². The van der Waals surface area contributed by atoms with Crippen molar-refractivity contribution in [1.82, 2.24) is 4.90 Å². The van der Waals surface area contributed by atoms with Crippen LogP contribution in [-0.4, -0.2) is 22.4 Å². The summed E-state index contributed by atoms with van der Waals surface area (Å²) in [5.74, 6) is 0.792. The Morgan fingerprint density at radius 2 is 2.16 bits per heavy atom. The van der Waals surface area contributed by atoms with Crippen molar-refractivity contribution in [1.29, 1.82) is 0 Å². The van der Waals surface area contributed by atoms with E-state index < -0.39 is 0 Å². The molecule has 0 radical (unpaired) electrons. The van der Waals surface area contributed by atoms with Crippen molar-refractivity contribution >= 4 is 17.3 Å². The molecule has 1 aromatic carbocycles. The molecule has 1 saturated carbocycles. The van der Waals surface area contributed by atoms with Gasteiger partial charge in [0.05, 0.1) is 4.92 Å². The highest BCUT2D eigenvalue weighted by molar-refractivity contribution is 6.31. The molecule has 19 heavy (non-hydrogen) atoms. The molecule has 0 atom stereocenters. The molecule has 1 aromatic rings. The number of nitrogens with zero attached hydrogens (tertiary/aromatic N) is 2. The SMILES string of the molecule is CC(C)N(Cc1cc([N+](=O)[O-])ccc1Cl)CC1CC1. The number of rotatable bonds is 6. The highest BCUT2D eigenvalue weighted by Crippen LogP contribution is 2.32. The topological polar surface area (TPSA) is 46.4 Å². The van der Waals surface area contributed by atoms with E-state index in [1.54, 1.807) is 12.1 Å². The summed E-state index contributed by atoms with van der Waals surface area (Å²) < 4.78 is 0. The lowest BCUT2D eigenvalue weighted by atomic mass is 10.1. The molecule has 2 rings (SSSR count). The van der Waals surface area contributed by atoms with Crippen LogP contribution in [0.5, 0.6) is 0 Å². The van der Waals surface area contributed by atoms with E-state index in [9.17, 15) is 10.1 Å². The summed E-state index contributed by atoms with van der Waals surface area (Å²) in [5, 5.41) is 11.4. The van der Waals surface area contributed by atoms with Crippen molar-refractivity contribution in [2.45, 2.75) is 39.3 Å². The summed E-state index contributed by atoms with van der Waals surface area (Å²) in [5.41, 5.74) is 0.944. The van der Waals surface area contributed by atoms with E-state index in [0.29, 0.717) is 17.6 Å². The van der Waals surface area contributed by atoms with Crippen LogP contribution in [0.1, 0.15) is 32.3 Å². The Morgan fingerprint density at radius 3 is 2.68 bits per heavy atom. The molecule has 1 fully saturated rings. The first kappa shape index (κ1) is 14.3. The fraction of sp³-hybridized carbons (Fsp3) is 0.571. The summed E-state index contributed by atoms with van der Waals surface area (Å²) >= 11 is 6.15. The Morgan fingerprint density at radius 1 is 1.47 bits per heavy atom. The molecule has 0 spiro atoms. The van der Waals surface area contributed by atoms with Gasteiger partial charge < -0.3 is 0 Å². The van der Waals surface area contributed by atoms with Crippen LogP contribution in [0.25, 0.3) is 0 Å². The van der Waals surface area contributed by atoms with Gasteiger partial charge in [0.1, 0.15) is 0 Å². The summed E-state index contributed by atoms with van der Waals surface area (Å²) in [6, 6.07) is 5.07. The molecule has 5 heteroatoms. The molecule has 1 aliphatic rings. The molecule has 0 saturated heterocycles. The van der Waals surface area contributed by atoms with Crippen LogP contribution in [0.3, 0.4) is 0 Å². The van der Waals surface area contributed by atoms with Gasteiger partial charge in [-0.15, -0.1) is 0 Å². The zero-order valence-corrected chi connectivity index (χ0v) is 12.1. The molecular formula is C14H19ClN2O2. The quantitative estimate of drug-likeness (QED) is 0.588. The maximum atomic E-state index is 10.8. The zero-order valence-electron chi connectivity index (χ0n) is 11.3. The lowest BCUT2D eigenvalue weighted by molar-refractivity contribution is -0.384. The Balaban J connectivity index is 2.14. The molecule has 0 aromatic heterocycles. The number of benzene rings is 1. The smallest absolute Gasteiger partial charge is 0.269 e. The van der Waals surface area contributed by atoms with Gasteiger partial charge in [-0.3, -0.25) is 15.0 Å². The first-order chi connectivity index (χ1) is 8.97. The average molecular weight is 283 g/mol. The van der Waals surface area contributed by atoms with Gasteiger partial charge in [-0.1, -0.05) is 11.6 Å². The van der Waals surface area contributed by atoms with Gasteiger partial charge in [-0.25, -0.2) is 0 Å². The van der Waals surface area contributed by atoms with Crippen LogP contribution >= 0.6 is 11.6 Å². The standard InChI is InChI=1S/C14H19ClN2O2/c1-10(2)16(8-11-3-4-11)9-12-7-13(17(18)19)5-6-14(12)15/h5-7,10-11H,3-4,8-9H2,1-2H3. The summed E-state index contributed by atoms with van der Waals surface area (Å²) in [6.07, 6.45) is 2.60. The fourth-order valence-electron chi connectivity index (χ4n) is 2.10. The molecule has 0 amide bonds. The lowest BCUT2D eigenvalue weighted by Gasteiger charge is -2.26. The lowest BCUT2D eigenvalue weighted by Crippen LogP contribution is -2.32. The summed E-state index contributed by atoms with van der Waals surface area (Å²) in [6.45, 7) is 6.02. The molecule has 0 unspecified atom stereocenters. The van der Waals surface area contributed by atoms with Gasteiger partial charge >= 0.3 is 0 Å². The minimum Gasteiger partial charge on any atom is -0.296 e. The molecule has 1 aliphatic carbocycles. The number of hydrogen-bond acceptors (Lipinski definition) is 3. The van der Waals surface area contributed by atoms with Crippen LogP contribution in [0.4, 0.5) is 5.69 Å². The van der Waals surface area contributed by atoms with Crippen LogP contribution in [0.2, 0.25) is 5.02 Å². The van der Waals surface area contributed by atoms with Gasteiger partial charge in [0.15, 0.2) is 0 Å². The number of non-ortho nitro benzene ring substituents is 1. The van der Waals surface area contributed by atoms with E-state index in [4.69, 9.17) is 11.6 Å². The Kier molecular flexibility index (Phi) is 4.42. The Labute approximate surface area is 118 Å². The van der Waals surface area contributed by atoms with E-state index in [1.165, 1.54) is 18.9 Å². The third-order valence-electron chi connectivity index (χ3n) is 3.53. The Bertz CT molecular complexity index is 473. The van der Waals surface area contributed by atoms with Crippen LogP contribution in [-0.2, 0) is 6.54 Å². The van der Waals surface area contributed by atoms with Gasteiger partial charge in [-0.2, -0.15) is 0 Å². The van der Waals surface area contributed by atoms with Crippen LogP contribution in [0, 0.1) is 16.0 Å². The van der Waals surface area contributed by atoms with E-state index in [1.807, 2.05) is 0 Å². The van der Waals surface area contributed by atoms with Crippen molar-refractivity contribution in [3.05, 3.63) is 38.9 Å². The minimum atomic E-state index is -0.375. The predicted molar refractivity (Wildman–Crippen MR) is 76.4 cm³/mol. The largest absolute Gasteiger partial charge is 0.296 e. The van der Waals surface area contributed by atoms with Crippen LogP contribution in [0.15, 0.2) is 18.2 Å². The molecule has 0 N–H and O–H groups in total. The first-order valence-corrected chi connectivity index (χ1v) is 7.02. The zero-order chi connectivity index (χ0) is 14.0. The molecule has 0 aliphatic heterocycles. The predicted octanol–water partition coefficient (Wildman–Crippen LogP) is 3.87. The number of hydrogen-bond donors (Lipinski definition) is 0. The third kappa shape index (κ3) is 3.91. The van der Waals surface area contributed by atoms with Crippen molar-refractivity contribution in [2.24, 2.45) is 5.92 Å². The number of halogens is 1. The van der Waals surface area contributed by atoms with Crippen molar-refractivity contribution < 1.29 is 4.92 Å². The normalized spacial score (nSPS) is 15.2. The van der Waals surface area contributed by atoms with Crippen molar-refractivity contribution in [3.8, 4) is 0 Å². The van der Waals surface area contributed by atoms with E-state index in [0.717, 1.165) is 18.0 Å². The second kappa shape index (κ2) is 5.88. The second-order valence-corrected chi connectivity index (χ2v) is 5.91. The molecule has 0 bridgehead atoms. The molecular weight excluding hydrogens is 264 g/mol. The van der Waals surface area contributed by atoms with Gasteiger partial charge in [0, 0.05) is 36.3 Å². The van der Waals surface area contributed by atoms with E-state index in [-0.39, 0.29) is 10.6 Å². The van der Waals surface area contributed by atoms with E-state index in [2.05, 4.69) is 18.7 Å². The van der Waals surface area contributed by atoms with Gasteiger partial charge in [0.2, 0.25) is 0 Å². The van der Waals surface area contributed by atoms with Gasteiger partial charge in [0.25, 0.3) is 5.69 Å². The van der Waals surface area contributed by atoms with Gasteiger partial charge in [-0.05, 0) is 44.2 Å². The highest BCUT2D eigenvalue weighted by atomic mass is 35.5. The third-order valence-corrected chi connectivity index (χ3v) is 3.90. The van der Waals surface area contributed by atoms with E-state index >= 15 is 0 Å². The average Bonchev–Trinajstić information content (AvgIpc) is 3.14. The fourth-order valence-corrected chi connectivity index (χ4v) is 2.28. The number of nitro benzene ring substituents is 1. The second-order valence-electron chi connectivity index (χ2n) is 5.50. The van der Waals surface area contributed by atoms with Crippen molar-refractivity contribution in [3.63, 3.8) is 0 Å². The first-order valence-electron chi connectivity index (χ1n) is 6.64. The molecule has 4 nitrogen and oxygen atoms in total. The molecule has 0 heterocycles.